The monoisotopic (exact) mass is 539 g/mol. The number of esters is 1. The van der Waals surface area contributed by atoms with E-state index < -0.39 is 11.8 Å². The highest BCUT2D eigenvalue weighted by atomic mass is 32.1. The number of carbonyl (C=O) groups is 1. The minimum Gasteiger partial charge on any atom is -0.464 e. The molecule has 0 radical (unpaired) electrons. The summed E-state index contributed by atoms with van der Waals surface area (Å²) in [5.41, 5.74) is 3.07. The lowest BCUT2D eigenvalue weighted by molar-refractivity contribution is 0.0596. The Bertz CT molecular complexity index is 1630. The van der Waals surface area contributed by atoms with E-state index in [1.807, 2.05) is 48.5 Å². The minimum atomic E-state index is -0.672. The van der Waals surface area contributed by atoms with Crippen molar-refractivity contribution in [3.8, 4) is 21.7 Å². The first-order valence-electron chi connectivity index (χ1n) is 11.7. The number of anilines is 4. The summed E-state index contributed by atoms with van der Waals surface area (Å²) in [6, 6.07) is 26.6. The van der Waals surface area contributed by atoms with Gasteiger partial charge in [-0.05, 0) is 30.3 Å². The Morgan fingerprint density at radius 3 is 2.31 bits per heavy atom. The van der Waals surface area contributed by atoms with E-state index in [-0.39, 0.29) is 17.2 Å². The predicted molar refractivity (Wildman–Crippen MR) is 151 cm³/mol. The smallest absolute Gasteiger partial charge is 0.358 e. The Morgan fingerprint density at radius 2 is 1.59 bits per heavy atom. The van der Waals surface area contributed by atoms with Crippen LogP contribution in [-0.4, -0.2) is 34.2 Å². The lowest BCUT2D eigenvalue weighted by atomic mass is 10.1. The summed E-state index contributed by atoms with van der Waals surface area (Å²) in [5.74, 6) is -0.782. The molecule has 39 heavy (non-hydrogen) atoms. The van der Waals surface area contributed by atoms with Crippen LogP contribution in [0.5, 0.6) is 0 Å². The van der Waals surface area contributed by atoms with E-state index in [0.717, 1.165) is 22.6 Å². The van der Waals surface area contributed by atoms with Crippen molar-refractivity contribution >= 4 is 45.6 Å². The number of benzene rings is 3. The molecule has 0 aliphatic heterocycles. The molecule has 3 aromatic carbocycles. The number of hydrogen-bond donors (Lipinski definition) is 4. The molecule has 0 atom stereocenters. The van der Waals surface area contributed by atoms with Crippen molar-refractivity contribution in [3.63, 3.8) is 0 Å². The molecule has 194 valence electrons. The number of halogens is 1. The van der Waals surface area contributed by atoms with E-state index >= 15 is 0 Å². The van der Waals surface area contributed by atoms with Gasteiger partial charge in [-0.15, -0.1) is 10.2 Å². The molecule has 0 unspecified atom stereocenters. The zero-order valence-corrected chi connectivity index (χ0v) is 21.4. The van der Waals surface area contributed by atoms with Crippen LogP contribution < -0.4 is 16.0 Å². The topological polar surface area (TPSA) is 125 Å². The summed E-state index contributed by atoms with van der Waals surface area (Å²) < 4.78 is 19.4. The molecule has 2 heterocycles. The number of para-hydroxylation sites is 2. The molecule has 0 saturated heterocycles. The average molecular weight is 540 g/mol. The summed E-state index contributed by atoms with van der Waals surface area (Å²) in [6.45, 7) is 0. The van der Waals surface area contributed by atoms with E-state index in [9.17, 15) is 9.18 Å². The second-order valence-electron chi connectivity index (χ2n) is 8.13. The Kier molecular flexibility index (Phi) is 7.51. The van der Waals surface area contributed by atoms with E-state index in [4.69, 9.17) is 10.1 Å². The molecule has 5 aromatic rings. The normalized spacial score (nSPS) is 10.5. The Hall–Kier alpha value is -5.16. The number of aromatic nitrogens is 3. The molecule has 0 spiro atoms. The standard InChI is InChI=1S/C28H22FN7O2S/c1-38-26(37)24-25(18-11-5-6-12-19(18)29)39-28(34-24)32-22-14-8-7-13-21(22)31-27(30)33-23-16-15-20(35-36-23)17-9-3-2-4-10-17/h2-16H,1H3,(H,32,34)(H3,30,31,33,36). The SMILES string of the molecule is COC(=O)c1nc(Nc2ccccc2NC(=N)Nc2ccc(-c3ccccc3)nn2)sc1-c1ccccc1F. The maximum atomic E-state index is 14.5. The molecule has 2 aromatic heterocycles. The molecule has 0 aliphatic rings. The number of ether oxygens (including phenoxy) is 1. The van der Waals surface area contributed by atoms with Gasteiger partial charge in [-0.2, -0.15) is 0 Å². The number of thiazole rings is 1. The number of hydrogen-bond acceptors (Lipinski definition) is 8. The van der Waals surface area contributed by atoms with Crippen molar-refractivity contribution in [2.24, 2.45) is 0 Å². The van der Waals surface area contributed by atoms with Gasteiger partial charge in [-0.25, -0.2) is 14.2 Å². The lowest BCUT2D eigenvalue weighted by Gasteiger charge is -2.14. The molecule has 0 saturated carbocycles. The van der Waals surface area contributed by atoms with Crippen LogP contribution in [0.2, 0.25) is 0 Å². The molecule has 4 N–H and O–H groups in total. The third-order valence-electron chi connectivity index (χ3n) is 5.54. The van der Waals surface area contributed by atoms with Crippen molar-refractivity contribution in [1.29, 1.82) is 5.41 Å². The minimum absolute atomic E-state index is 0.00692. The number of guanidine groups is 1. The number of methoxy groups -OCH3 is 1. The number of rotatable bonds is 7. The van der Waals surface area contributed by atoms with Gasteiger partial charge in [0.05, 0.1) is 29.1 Å². The first-order valence-corrected chi connectivity index (χ1v) is 12.6. The Morgan fingerprint density at radius 1 is 0.872 bits per heavy atom. The highest BCUT2D eigenvalue weighted by Gasteiger charge is 2.22. The quantitative estimate of drug-likeness (QED) is 0.106. The van der Waals surface area contributed by atoms with Crippen LogP contribution in [0.3, 0.4) is 0 Å². The van der Waals surface area contributed by atoms with E-state index in [0.29, 0.717) is 27.2 Å². The van der Waals surface area contributed by atoms with Crippen LogP contribution in [0, 0.1) is 11.2 Å². The molecule has 0 bridgehead atoms. The zero-order valence-electron chi connectivity index (χ0n) is 20.6. The van der Waals surface area contributed by atoms with Gasteiger partial charge in [-0.3, -0.25) is 5.41 Å². The molecule has 0 aliphatic carbocycles. The fourth-order valence-electron chi connectivity index (χ4n) is 3.71. The summed E-state index contributed by atoms with van der Waals surface area (Å²) in [6.07, 6.45) is 0. The van der Waals surface area contributed by atoms with Crippen LogP contribution >= 0.6 is 11.3 Å². The second kappa shape index (κ2) is 11.5. The number of carbonyl (C=O) groups excluding carboxylic acids is 1. The molecule has 0 fully saturated rings. The van der Waals surface area contributed by atoms with Gasteiger partial charge in [-0.1, -0.05) is 72.0 Å². The van der Waals surface area contributed by atoms with Crippen molar-refractivity contribution in [3.05, 3.63) is 103 Å². The summed E-state index contributed by atoms with van der Waals surface area (Å²) >= 11 is 1.12. The van der Waals surface area contributed by atoms with Crippen LogP contribution in [0.25, 0.3) is 21.7 Å². The van der Waals surface area contributed by atoms with Gasteiger partial charge < -0.3 is 20.7 Å². The highest BCUT2D eigenvalue weighted by molar-refractivity contribution is 7.19. The van der Waals surface area contributed by atoms with Crippen molar-refractivity contribution in [1.82, 2.24) is 15.2 Å². The molecule has 11 heteroatoms. The maximum Gasteiger partial charge on any atom is 0.358 e. The van der Waals surface area contributed by atoms with Gasteiger partial charge in [0.1, 0.15) is 5.82 Å². The predicted octanol–water partition coefficient (Wildman–Crippen LogP) is 6.40. The third-order valence-corrected chi connectivity index (χ3v) is 6.54. The Labute approximate surface area is 227 Å². The summed E-state index contributed by atoms with van der Waals surface area (Å²) in [5, 5.41) is 26.1. The fraction of sp³-hybridized carbons (Fsp3) is 0.0357. The third kappa shape index (κ3) is 5.89. The second-order valence-corrected chi connectivity index (χ2v) is 9.13. The zero-order chi connectivity index (χ0) is 27.2. The van der Waals surface area contributed by atoms with E-state index in [2.05, 4.69) is 31.1 Å². The summed E-state index contributed by atoms with van der Waals surface area (Å²) in [7, 11) is 1.25. The summed E-state index contributed by atoms with van der Waals surface area (Å²) in [4.78, 5) is 17.1. The van der Waals surface area contributed by atoms with Gasteiger partial charge in [0, 0.05) is 11.1 Å². The Balaban J connectivity index is 1.33. The van der Waals surface area contributed by atoms with Crippen LogP contribution in [-0.2, 0) is 4.74 Å². The first kappa shape index (κ1) is 25.5. The molecule has 5 rings (SSSR count). The number of nitrogens with zero attached hydrogens (tertiary/aromatic N) is 3. The maximum absolute atomic E-state index is 14.5. The van der Waals surface area contributed by atoms with E-state index in [1.165, 1.54) is 13.2 Å². The first-order chi connectivity index (χ1) is 19.0. The van der Waals surface area contributed by atoms with Crippen molar-refractivity contribution in [2.75, 3.05) is 23.1 Å². The van der Waals surface area contributed by atoms with Gasteiger partial charge in [0.2, 0.25) is 0 Å². The van der Waals surface area contributed by atoms with Crippen LogP contribution in [0.15, 0.2) is 91.0 Å². The largest absolute Gasteiger partial charge is 0.464 e. The number of nitrogens with one attached hydrogen (secondary N) is 4. The molecular formula is C28H22FN7O2S. The molecular weight excluding hydrogens is 517 g/mol. The molecule has 9 nitrogen and oxygen atoms in total. The lowest BCUT2D eigenvalue weighted by Crippen LogP contribution is -2.21. The van der Waals surface area contributed by atoms with E-state index in [1.54, 1.807) is 36.4 Å². The fourth-order valence-corrected chi connectivity index (χ4v) is 4.70. The van der Waals surface area contributed by atoms with Gasteiger partial charge in [0.15, 0.2) is 22.6 Å². The highest BCUT2D eigenvalue weighted by Crippen LogP contribution is 2.37. The van der Waals surface area contributed by atoms with Crippen LogP contribution in [0.1, 0.15) is 10.5 Å². The van der Waals surface area contributed by atoms with Gasteiger partial charge in [0.25, 0.3) is 0 Å². The molecule has 0 amide bonds. The van der Waals surface area contributed by atoms with Crippen molar-refractivity contribution < 1.29 is 13.9 Å². The van der Waals surface area contributed by atoms with Gasteiger partial charge >= 0.3 is 5.97 Å². The van der Waals surface area contributed by atoms with Crippen molar-refractivity contribution in [2.45, 2.75) is 0 Å². The van der Waals surface area contributed by atoms with Crippen LogP contribution in [0.4, 0.5) is 26.7 Å². The average Bonchev–Trinajstić information content (AvgIpc) is 3.38.